The molecule has 2 heterocycles. The van der Waals surface area contributed by atoms with Gasteiger partial charge in [-0.2, -0.15) is 0 Å². The van der Waals surface area contributed by atoms with E-state index in [0.29, 0.717) is 36.0 Å². The lowest BCUT2D eigenvalue weighted by atomic mass is 9.83. The number of aliphatic hydroxyl groups is 2. The van der Waals surface area contributed by atoms with Crippen molar-refractivity contribution in [2.75, 3.05) is 32.8 Å². The maximum absolute atomic E-state index is 13.2. The monoisotopic (exact) mass is 457 g/mol. The van der Waals surface area contributed by atoms with E-state index in [1.165, 1.54) is 12.0 Å². The van der Waals surface area contributed by atoms with Crippen LogP contribution >= 0.6 is 0 Å². The Morgan fingerprint density at radius 2 is 1.79 bits per heavy atom. The molecule has 1 saturated carbocycles. The van der Waals surface area contributed by atoms with Crippen LogP contribution in [0, 0.1) is 11.3 Å². The Labute approximate surface area is 196 Å². The molecule has 3 fully saturated rings. The van der Waals surface area contributed by atoms with Gasteiger partial charge in [0.2, 0.25) is 11.8 Å². The van der Waals surface area contributed by atoms with Gasteiger partial charge in [0.15, 0.2) is 0 Å². The molecule has 182 valence electrons. The lowest BCUT2D eigenvalue weighted by Gasteiger charge is -2.42. The highest BCUT2D eigenvalue weighted by Crippen LogP contribution is 2.43. The zero-order chi connectivity index (χ0) is 23.6. The Bertz CT molecular complexity index is 838. The summed E-state index contributed by atoms with van der Waals surface area (Å²) < 4.78 is 0. The zero-order valence-electron chi connectivity index (χ0n) is 19.8. The van der Waals surface area contributed by atoms with Crippen molar-refractivity contribution >= 4 is 11.8 Å². The summed E-state index contributed by atoms with van der Waals surface area (Å²) in [5, 5.41) is 19.5. The Morgan fingerprint density at radius 1 is 1.12 bits per heavy atom. The minimum atomic E-state index is -1.12. The van der Waals surface area contributed by atoms with Gasteiger partial charge in [-0.15, -0.1) is 0 Å². The van der Waals surface area contributed by atoms with Gasteiger partial charge < -0.3 is 20.8 Å². The summed E-state index contributed by atoms with van der Waals surface area (Å²) in [6, 6.07) is 8.71. The minimum Gasteiger partial charge on any atom is -0.395 e. The highest BCUT2D eigenvalue weighted by molar-refractivity contribution is 5.92. The van der Waals surface area contributed by atoms with Crippen LogP contribution in [0.1, 0.15) is 73.7 Å². The Hall–Kier alpha value is -1.96. The molecule has 0 spiro atoms. The average Bonchev–Trinajstić information content (AvgIpc) is 3.03. The van der Waals surface area contributed by atoms with E-state index >= 15 is 0 Å². The average molecular weight is 458 g/mol. The van der Waals surface area contributed by atoms with Crippen LogP contribution in [0.3, 0.4) is 0 Å². The fourth-order valence-corrected chi connectivity index (χ4v) is 5.92. The fraction of sp³-hybridized carbons (Fsp3) is 0.692. The predicted octanol–water partition coefficient (Wildman–Crippen LogP) is 2.12. The second-order valence-electron chi connectivity index (χ2n) is 10.7. The molecule has 3 aliphatic rings. The van der Waals surface area contributed by atoms with Crippen LogP contribution in [0.15, 0.2) is 24.3 Å². The van der Waals surface area contributed by atoms with E-state index in [2.05, 4.69) is 11.0 Å². The van der Waals surface area contributed by atoms with Gasteiger partial charge in [0.05, 0.1) is 18.6 Å². The molecule has 2 amide bonds. The number of carbonyl (C=O) groups is 2. The van der Waals surface area contributed by atoms with Gasteiger partial charge in [0.25, 0.3) is 0 Å². The third-order valence-corrected chi connectivity index (χ3v) is 8.36. The molecule has 2 saturated heterocycles. The van der Waals surface area contributed by atoms with Crippen molar-refractivity contribution in [1.82, 2.24) is 9.80 Å². The molecule has 2 aliphatic heterocycles. The van der Waals surface area contributed by atoms with E-state index in [1.807, 2.05) is 17.0 Å². The van der Waals surface area contributed by atoms with Crippen LogP contribution in [0.5, 0.6) is 0 Å². The number of nitrogens with zero attached hydrogens (tertiary/aromatic N) is 2. The number of amides is 2. The first kappa shape index (κ1) is 24.2. The minimum absolute atomic E-state index is 0.134. The van der Waals surface area contributed by atoms with Crippen molar-refractivity contribution in [3.05, 3.63) is 35.4 Å². The summed E-state index contributed by atoms with van der Waals surface area (Å²) >= 11 is 0. The molecular weight excluding hydrogens is 418 g/mol. The Balaban J connectivity index is 1.41. The lowest BCUT2D eigenvalue weighted by molar-refractivity contribution is -0.147. The quantitative estimate of drug-likeness (QED) is 0.499. The third kappa shape index (κ3) is 5.10. The maximum Gasteiger partial charge on any atom is 0.248 e. The topological polar surface area (TPSA) is 107 Å². The maximum atomic E-state index is 13.2. The summed E-state index contributed by atoms with van der Waals surface area (Å²) in [5.41, 5.74) is 6.13. The van der Waals surface area contributed by atoms with Crippen molar-refractivity contribution in [1.29, 1.82) is 0 Å². The molecule has 2 unspecified atom stereocenters. The number of fused-ring (bicyclic) bond motifs is 2. The highest BCUT2D eigenvalue weighted by Gasteiger charge is 2.42. The van der Waals surface area contributed by atoms with E-state index in [1.54, 1.807) is 13.0 Å². The van der Waals surface area contributed by atoms with Crippen molar-refractivity contribution < 1.29 is 19.8 Å². The number of benzene rings is 1. The van der Waals surface area contributed by atoms with Crippen LogP contribution in [0.4, 0.5) is 0 Å². The van der Waals surface area contributed by atoms with E-state index in [0.717, 1.165) is 51.6 Å². The normalized spacial score (nSPS) is 25.6. The number of aliphatic hydroxyl groups excluding tert-OH is 2. The summed E-state index contributed by atoms with van der Waals surface area (Å²) in [5.74, 6) is 0.449. The lowest BCUT2D eigenvalue weighted by Crippen LogP contribution is -2.52. The van der Waals surface area contributed by atoms with Gasteiger partial charge >= 0.3 is 0 Å². The first-order chi connectivity index (χ1) is 15.8. The van der Waals surface area contributed by atoms with Crippen LogP contribution < -0.4 is 5.73 Å². The largest absolute Gasteiger partial charge is 0.395 e. The van der Waals surface area contributed by atoms with Crippen molar-refractivity contribution in [2.24, 2.45) is 17.1 Å². The number of piperidine rings is 1. The second-order valence-corrected chi connectivity index (χ2v) is 10.7. The Kier molecular flexibility index (Phi) is 7.41. The first-order valence-electron chi connectivity index (χ1n) is 12.5. The molecule has 1 aromatic rings. The molecule has 33 heavy (non-hydrogen) atoms. The summed E-state index contributed by atoms with van der Waals surface area (Å²) in [7, 11) is 0. The van der Waals surface area contributed by atoms with Crippen LogP contribution in [0.25, 0.3) is 0 Å². The smallest absolute Gasteiger partial charge is 0.248 e. The third-order valence-electron chi connectivity index (χ3n) is 8.36. The van der Waals surface area contributed by atoms with E-state index in [9.17, 15) is 19.8 Å². The number of nitrogens with two attached hydrogens (primary N) is 1. The predicted molar refractivity (Wildman–Crippen MR) is 127 cm³/mol. The van der Waals surface area contributed by atoms with Gasteiger partial charge in [-0.25, -0.2) is 0 Å². The molecular formula is C26H39N3O4. The van der Waals surface area contributed by atoms with Gasteiger partial charge in [0, 0.05) is 37.3 Å². The zero-order valence-corrected chi connectivity index (χ0v) is 19.8. The summed E-state index contributed by atoms with van der Waals surface area (Å²) in [6.07, 6.45) is 7.97. The molecule has 7 nitrogen and oxygen atoms in total. The second kappa shape index (κ2) is 10.1. The molecule has 4 rings (SSSR count). The fourth-order valence-electron chi connectivity index (χ4n) is 5.92. The number of rotatable bonds is 10. The number of primary amides is 1. The van der Waals surface area contributed by atoms with Gasteiger partial charge in [-0.05, 0) is 75.0 Å². The number of carbonyl (C=O) groups excluding carboxylic acids is 2. The molecule has 4 N–H and O–H groups in total. The molecule has 7 heteroatoms. The van der Waals surface area contributed by atoms with Crippen molar-refractivity contribution in [2.45, 2.75) is 69.9 Å². The number of hydrogen-bond donors (Lipinski definition) is 3. The standard InChI is InChI=1S/C26H39N3O4/c1-26(16-30,17-31)25(33)28(15-18-4-2-5-18)10-11-29-22-8-9-23(29)14-21(13-22)19-6-3-7-20(12-19)24(27)32/h3,6-7,12,18,21-23,30-31H,2,4-5,8-11,13-17H2,1H3,(H2,27,32). The van der Waals surface area contributed by atoms with Gasteiger partial charge in [-0.1, -0.05) is 18.6 Å². The molecule has 0 aromatic heterocycles. The van der Waals surface area contributed by atoms with Crippen molar-refractivity contribution in [3.8, 4) is 0 Å². The van der Waals surface area contributed by atoms with Crippen molar-refractivity contribution in [3.63, 3.8) is 0 Å². The van der Waals surface area contributed by atoms with Crippen LogP contribution in [0.2, 0.25) is 0 Å². The number of hydrogen-bond acceptors (Lipinski definition) is 5. The summed E-state index contributed by atoms with van der Waals surface area (Å²) in [4.78, 5) is 29.3. The Morgan fingerprint density at radius 3 is 2.33 bits per heavy atom. The summed E-state index contributed by atoms with van der Waals surface area (Å²) in [6.45, 7) is 3.15. The van der Waals surface area contributed by atoms with Crippen LogP contribution in [-0.2, 0) is 4.79 Å². The van der Waals surface area contributed by atoms with E-state index in [4.69, 9.17) is 5.73 Å². The molecule has 2 atom stereocenters. The highest BCUT2D eigenvalue weighted by atomic mass is 16.3. The van der Waals surface area contributed by atoms with Crippen LogP contribution in [-0.4, -0.2) is 76.8 Å². The molecule has 2 bridgehead atoms. The molecule has 1 aromatic carbocycles. The SMILES string of the molecule is CC(CO)(CO)C(=O)N(CCN1C2CCC1CC(c1cccc(C(N)=O)c1)C2)CC1CCC1. The first-order valence-corrected chi connectivity index (χ1v) is 12.5. The van der Waals surface area contributed by atoms with E-state index < -0.39 is 5.41 Å². The van der Waals surface area contributed by atoms with Gasteiger partial charge in [0.1, 0.15) is 0 Å². The van der Waals surface area contributed by atoms with E-state index in [-0.39, 0.29) is 25.0 Å². The molecule has 0 radical (unpaired) electrons. The van der Waals surface area contributed by atoms with Gasteiger partial charge in [-0.3, -0.25) is 14.5 Å². The molecule has 1 aliphatic carbocycles.